The topological polar surface area (TPSA) is 46.5 Å². The highest BCUT2D eigenvalue weighted by atomic mass is 19.1. The first-order chi connectivity index (χ1) is 10.2. The van der Waals surface area contributed by atoms with Crippen LogP contribution in [0.1, 0.15) is 28.8 Å². The minimum Gasteiger partial charge on any atom is -0.494 e. The maximum atomic E-state index is 12.8. The van der Waals surface area contributed by atoms with E-state index in [1.165, 1.54) is 24.3 Å². The van der Waals surface area contributed by atoms with E-state index in [0.717, 1.165) is 5.56 Å². The standard InChI is InChI=1S/C17H17FO3/c18-15-7-5-14(6-8-15)17(20)2-1-11-21-16-9-3-13(12-19)4-10-16/h3-10,19H,1-2,11-12H2. The Morgan fingerprint density at radius 2 is 1.71 bits per heavy atom. The van der Waals surface area contributed by atoms with E-state index in [4.69, 9.17) is 9.84 Å². The van der Waals surface area contributed by atoms with Gasteiger partial charge >= 0.3 is 0 Å². The lowest BCUT2D eigenvalue weighted by Gasteiger charge is -2.06. The molecule has 0 spiro atoms. The van der Waals surface area contributed by atoms with Crippen LogP contribution in [0.2, 0.25) is 0 Å². The van der Waals surface area contributed by atoms with E-state index in [9.17, 15) is 9.18 Å². The van der Waals surface area contributed by atoms with Crippen LogP contribution in [0.4, 0.5) is 4.39 Å². The summed E-state index contributed by atoms with van der Waals surface area (Å²) in [6.07, 6.45) is 0.957. The summed E-state index contributed by atoms with van der Waals surface area (Å²) in [5.74, 6) is 0.344. The third-order valence-electron chi connectivity index (χ3n) is 3.09. The number of ether oxygens (including phenoxy) is 1. The summed E-state index contributed by atoms with van der Waals surface area (Å²) >= 11 is 0. The summed E-state index contributed by atoms with van der Waals surface area (Å²) < 4.78 is 18.3. The van der Waals surface area contributed by atoms with Crippen LogP contribution in [0.3, 0.4) is 0 Å². The Labute approximate surface area is 123 Å². The quantitative estimate of drug-likeness (QED) is 0.627. The number of carbonyl (C=O) groups excluding carboxylic acids is 1. The third kappa shape index (κ3) is 4.68. The van der Waals surface area contributed by atoms with Crippen LogP contribution in [0, 0.1) is 5.82 Å². The highest BCUT2D eigenvalue weighted by Crippen LogP contribution is 2.13. The molecule has 0 amide bonds. The van der Waals surface area contributed by atoms with Gasteiger partial charge in [0.25, 0.3) is 0 Å². The van der Waals surface area contributed by atoms with E-state index in [1.54, 1.807) is 24.3 Å². The zero-order chi connectivity index (χ0) is 15.1. The minimum atomic E-state index is -0.346. The molecule has 2 aromatic rings. The summed E-state index contributed by atoms with van der Waals surface area (Å²) in [5.41, 5.74) is 1.34. The smallest absolute Gasteiger partial charge is 0.163 e. The molecule has 2 aromatic carbocycles. The number of benzene rings is 2. The average Bonchev–Trinajstić information content (AvgIpc) is 2.52. The van der Waals surface area contributed by atoms with E-state index in [0.29, 0.717) is 30.8 Å². The second-order valence-corrected chi connectivity index (χ2v) is 4.68. The lowest BCUT2D eigenvalue weighted by Crippen LogP contribution is -2.04. The largest absolute Gasteiger partial charge is 0.494 e. The Hall–Kier alpha value is -2.20. The van der Waals surface area contributed by atoms with Gasteiger partial charge in [-0.2, -0.15) is 0 Å². The molecule has 0 unspecified atom stereocenters. The molecule has 0 atom stereocenters. The number of hydrogen-bond acceptors (Lipinski definition) is 3. The zero-order valence-corrected chi connectivity index (χ0v) is 11.6. The highest BCUT2D eigenvalue weighted by Gasteiger charge is 2.05. The fourth-order valence-electron chi connectivity index (χ4n) is 1.89. The molecule has 0 saturated heterocycles. The molecule has 0 aliphatic rings. The van der Waals surface area contributed by atoms with Gasteiger partial charge in [0.15, 0.2) is 5.78 Å². The Balaban J connectivity index is 1.73. The Morgan fingerprint density at radius 1 is 1.05 bits per heavy atom. The summed E-state index contributed by atoms with van der Waals surface area (Å²) in [6, 6.07) is 12.7. The van der Waals surface area contributed by atoms with Gasteiger partial charge in [-0.3, -0.25) is 4.79 Å². The summed E-state index contributed by atoms with van der Waals surface area (Å²) in [4.78, 5) is 11.8. The Bertz CT molecular complexity index is 576. The van der Waals surface area contributed by atoms with Crippen molar-refractivity contribution in [2.24, 2.45) is 0 Å². The molecule has 0 heterocycles. The first-order valence-corrected chi connectivity index (χ1v) is 6.80. The third-order valence-corrected chi connectivity index (χ3v) is 3.09. The van der Waals surface area contributed by atoms with Crippen molar-refractivity contribution in [1.29, 1.82) is 0 Å². The van der Waals surface area contributed by atoms with Crippen LogP contribution in [0.15, 0.2) is 48.5 Å². The SMILES string of the molecule is O=C(CCCOc1ccc(CO)cc1)c1ccc(F)cc1. The number of aliphatic hydroxyl groups excluding tert-OH is 1. The van der Waals surface area contributed by atoms with Crippen LogP contribution in [-0.4, -0.2) is 17.5 Å². The molecule has 0 radical (unpaired) electrons. The molecular weight excluding hydrogens is 271 g/mol. The number of hydrogen-bond donors (Lipinski definition) is 1. The predicted molar refractivity (Wildman–Crippen MR) is 77.8 cm³/mol. The maximum absolute atomic E-state index is 12.8. The second-order valence-electron chi connectivity index (χ2n) is 4.68. The fraction of sp³-hybridized carbons (Fsp3) is 0.235. The van der Waals surface area contributed by atoms with Crippen molar-refractivity contribution in [3.8, 4) is 5.75 Å². The second kappa shape index (κ2) is 7.55. The van der Waals surface area contributed by atoms with E-state index in [1.807, 2.05) is 0 Å². The molecule has 0 saturated carbocycles. The summed E-state index contributed by atoms with van der Waals surface area (Å²) in [5, 5.41) is 8.93. The molecule has 2 rings (SSSR count). The monoisotopic (exact) mass is 288 g/mol. The molecule has 3 nitrogen and oxygen atoms in total. The van der Waals surface area contributed by atoms with Crippen LogP contribution >= 0.6 is 0 Å². The summed E-state index contributed by atoms with van der Waals surface area (Å²) in [6.45, 7) is 0.442. The van der Waals surface area contributed by atoms with Crippen molar-refractivity contribution in [1.82, 2.24) is 0 Å². The van der Waals surface area contributed by atoms with Crippen molar-refractivity contribution in [2.75, 3.05) is 6.61 Å². The number of ketones is 1. The van der Waals surface area contributed by atoms with Gasteiger partial charge in [-0.1, -0.05) is 12.1 Å². The number of aliphatic hydroxyl groups is 1. The Morgan fingerprint density at radius 3 is 2.33 bits per heavy atom. The van der Waals surface area contributed by atoms with Gasteiger partial charge in [-0.25, -0.2) is 4.39 Å². The lowest BCUT2D eigenvalue weighted by molar-refractivity contribution is 0.0973. The molecule has 4 heteroatoms. The van der Waals surface area contributed by atoms with Crippen LogP contribution < -0.4 is 4.74 Å². The lowest BCUT2D eigenvalue weighted by atomic mass is 10.1. The van der Waals surface area contributed by atoms with E-state index >= 15 is 0 Å². The van der Waals surface area contributed by atoms with Crippen LogP contribution in [-0.2, 0) is 6.61 Å². The van der Waals surface area contributed by atoms with Crippen LogP contribution in [0.5, 0.6) is 5.75 Å². The number of Topliss-reactive ketones (excluding diaryl/α,β-unsaturated/α-hetero) is 1. The van der Waals surface area contributed by atoms with Crippen molar-refractivity contribution < 1.29 is 19.0 Å². The van der Waals surface area contributed by atoms with Gasteiger partial charge in [0.1, 0.15) is 11.6 Å². The first kappa shape index (κ1) is 15.2. The molecule has 21 heavy (non-hydrogen) atoms. The van der Waals surface area contributed by atoms with Gasteiger partial charge in [-0.15, -0.1) is 0 Å². The van der Waals surface area contributed by atoms with Gasteiger partial charge < -0.3 is 9.84 Å². The molecule has 0 bridgehead atoms. The molecule has 0 aliphatic carbocycles. The molecule has 0 aliphatic heterocycles. The number of halogens is 1. The van der Waals surface area contributed by atoms with E-state index in [2.05, 4.69) is 0 Å². The van der Waals surface area contributed by atoms with Crippen molar-refractivity contribution in [3.05, 3.63) is 65.5 Å². The van der Waals surface area contributed by atoms with E-state index < -0.39 is 0 Å². The normalized spacial score (nSPS) is 10.4. The van der Waals surface area contributed by atoms with Crippen molar-refractivity contribution in [3.63, 3.8) is 0 Å². The minimum absolute atomic E-state index is 0.00640. The molecular formula is C17H17FO3. The highest BCUT2D eigenvalue weighted by molar-refractivity contribution is 5.95. The number of rotatable bonds is 7. The van der Waals surface area contributed by atoms with Gasteiger partial charge in [0, 0.05) is 12.0 Å². The zero-order valence-electron chi connectivity index (χ0n) is 11.6. The predicted octanol–water partition coefficient (Wildman–Crippen LogP) is 3.36. The molecule has 110 valence electrons. The maximum Gasteiger partial charge on any atom is 0.163 e. The van der Waals surface area contributed by atoms with E-state index in [-0.39, 0.29) is 18.2 Å². The molecule has 1 N–H and O–H groups in total. The average molecular weight is 288 g/mol. The number of carbonyl (C=O) groups is 1. The van der Waals surface area contributed by atoms with Crippen LogP contribution in [0.25, 0.3) is 0 Å². The van der Waals surface area contributed by atoms with Crippen molar-refractivity contribution >= 4 is 5.78 Å². The van der Waals surface area contributed by atoms with Gasteiger partial charge in [0.2, 0.25) is 0 Å². The molecule has 0 fully saturated rings. The van der Waals surface area contributed by atoms with Gasteiger partial charge in [-0.05, 0) is 48.4 Å². The van der Waals surface area contributed by atoms with Gasteiger partial charge in [0.05, 0.1) is 13.2 Å². The first-order valence-electron chi connectivity index (χ1n) is 6.80. The van der Waals surface area contributed by atoms with Crippen molar-refractivity contribution in [2.45, 2.75) is 19.4 Å². The summed E-state index contributed by atoms with van der Waals surface area (Å²) in [7, 11) is 0. The fourth-order valence-corrected chi connectivity index (χ4v) is 1.89. The Kier molecular flexibility index (Phi) is 5.46. The molecule has 0 aromatic heterocycles.